The topological polar surface area (TPSA) is 119 Å². The van der Waals surface area contributed by atoms with Crippen molar-refractivity contribution in [3.8, 4) is 23.1 Å². The number of likely N-dealkylation sites (N-methyl/N-ethyl adjacent to an activating group) is 1. The molecule has 1 aliphatic heterocycles. The fraction of sp³-hybridized carbons (Fsp3) is 0.462. The molecule has 3 amide bonds. The molecular formula is C26H33N5O4. The number of nitrogens with one attached hydrogen (secondary N) is 1. The summed E-state index contributed by atoms with van der Waals surface area (Å²) in [6.45, 7) is 7.98. The number of nitrogens with zero attached hydrogens (tertiary/aromatic N) is 4. The molecule has 0 saturated heterocycles. The number of fused-ring (bicyclic) bond motifs is 1. The zero-order valence-corrected chi connectivity index (χ0v) is 20.9. The Hall–Kier alpha value is -3.64. The van der Waals surface area contributed by atoms with E-state index in [4.69, 9.17) is 4.74 Å². The first-order chi connectivity index (χ1) is 16.6. The maximum absolute atomic E-state index is 13.6. The van der Waals surface area contributed by atoms with E-state index < -0.39 is 12.1 Å². The highest BCUT2D eigenvalue weighted by Crippen LogP contribution is 2.30. The Labute approximate surface area is 206 Å². The van der Waals surface area contributed by atoms with Gasteiger partial charge in [-0.3, -0.25) is 4.79 Å². The lowest BCUT2D eigenvalue weighted by atomic mass is 9.99. The van der Waals surface area contributed by atoms with Gasteiger partial charge in [0.15, 0.2) is 0 Å². The number of ether oxygens (including phenoxy) is 1. The van der Waals surface area contributed by atoms with Crippen LogP contribution >= 0.6 is 0 Å². The zero-order chi connectivity index (χ0) is 25.7. The average Bonchev–Trinajstić information content (AvgIpc) is 2.84. The fourth-order valence-corrected chi connectivity index (χ4v) is 3.96. The van der Waals surface area contributed by atoms with Gasteiger partial charge in [-0.1, -0.05) is 19.1 Å². The monoisotopic (exact) mass is 479 g/mol. The van der Waals surface area contributed by atoms with Crippen LogP contribution in [0.15, 0.2) is 36.5 Å². The van der Waals surface area contributed by atoms with Crippen LogP contribution in [-0.2, 0) is 0 Å². The maximum atomic E-state index is 13.6. The number of carbonyl (C=O) groups is 2. The summed E-state index contributed by atoms with van der Waals surface area (Å²) in [7, 11) is 1.70. The molecule has 1 aromatic heterocycles. The summed E-state index contributed by atoms with van der Waals surface area (Å²) in [5.41, 5.74) is 2.21. The number of aromatic nitrogens is 1. The predicted octanol–water partition coefficient (Wildman–Crippen LogP) is 2.89. The van der Waals surface area contributed by atoms with Crippen LogP contribution in [-0.4, -0.2) is 76.8 Å². The molecule has 35 heavy (non-hydrogen) atoms. The third-order valence-electron chi connectivity index (χ3n) is 6.06. The normalized spacial score (nSPS) is 18.6. The van der Waals surface area contributed by atoms with Gasteiger partial charge in [-0.25, -0.2) is 9.78 Å². The SMILES string of the molecule is CC(C)NC(=O)N(C)C[C@H]1Oc2ncc(-c3cccc(C#N)c3)cc2C(=O)N([C@@H](C)CO)C[C@@H]1C. The smallest absolute Gasteiger partial charge is 0.317 e. The first-order valence-electron chi connectivity index (χ1n) is 11.7. The Morgan fingerprint density at radius 2 is 2.09 bits per heavy atom. The van der Waals surface area contributed by atoms with Crippen LogP contribution in [0.4, 0.5) is 4.79 Å². The van der Waals surface area contributed by atoms with E-state index in [2.05, 4.69) is 16.4 Å². The number of nitriles is 1. The second kappa shape index (κ2) is 11.2. The second-order valence-electron chi connectivity index (χ2n) is 9.38. The molecule has 0 spiro atoms. The lowest BCUT2D eigenvalue weighted by molar-refractivity contribution is 0.0352. The molecular weight excluding hydrogens is 446 g/mol. The van der Waals surface area contributed by atoms with E-state index in [9.17, 15) is 20.0 Å². The summed E-state index contributed by atoms with van der Waals surface area (Å²) >= 11 is 0. The van der Waals surface area contributed by atoms with Crippen molar-refractivity contribution in [1.82, 2.24) is 20.1 Å². The minimum absolute atomic E-state index is 0.000471. The van der Waals surface area contributed by atoms with Crippen molar-refractivity contribution in [3.05, 3.63) is 47.7 Å². The standard InChI is InChI=1S/C26H33N5O4/c1-16(2)29-26(34)30(5)14-23-17(3)13-31(18(4)15-32)25(33)22-10-21(12-28-24(22)35-23)20-8-6-7-19(9-20)11-27/h6-10,12,16-18,23,32H,13-15H2,1-5H3,(H,29,34)/t17-,18-,23+/m0/s1. The van der Waals surface area contributed by atoms with Crippen LogP contribution in [0.2, 0.25) is 0 Å². The van der Waals surface area contributed by atoms with Gasteiger partial charge in [-0.2, -0.15) is 5.26 Å². The van der Waals surface area contributed by atoms with Crippen molar-refractivity contribution >= 4 is 11.9 Å². The predicted molar refractivity (Wildman–Crippen MR) is 132 cm³/mol. The van der Waals surface area contributed by atoms with E-state index in [1.165, 1.54) is 0 Å². The summed E-state index contributed by atoms with van der Waals surface area (Å²) in [6.07, 6.45) is 1.18. The Morgan fingerprint density at radius 3 is 2.74 bits per heavy atom. The van der Waals surface area contributed by atoms with Gasteiger partial charge >= 0.3 is 6.03 Å². The van der Waals surface area contributed by atoms with Gasteiger partial charge in [-0.05, 0) is 44.5 Å². The van der Waals surface area contributed by atoms with Crippen molar-refractivity contribution in [3.63, 3.8) is 0 Å². The molecule has 186 valence electrons. The van der Waals surface area contributed by atoms with Gasteiger partial charge in [0, 0.05) is 37.3 Å². The Bertz CT molecular complexity index is 1110. The Balaban J connectivity index is 2.01. The molecule has 0 fully saturated rings. The summed E-state index contributed by atoms with van der Waals surface area (Å²) in [5, 5.41) is 21.9. The van der Waals surface area contributed by atoms with E-state index in [1.54, 1.807) is 54.2 Å². The van der Waals surface area contributed by atoms with Crippen molar-refractivity contribution in [2.24, 2.45) is 5.92 Å². The number of urea groups is 1. The number of carbonyl (C=O) groups excluding carboxylic acids is 2. The lowest BCUT2D eigenvalue weighted by Crippen LogP contribution is -2.51. The van der Waals surface area contributed by atoms with Crippen LogP contribution in [0.25, 0.3) is 11.1 Å². The molecule has 0 unspecified atom stereocenters. The fourth-order valence-electron chi connectivity index (χ4n) is 3.96. The molecule has 9 nitrogen and oxygen atoms in total. The molecule has 3 rings (SSSR count). The van der Waals surface area contributed by atoms with Crippen molar-refractivity contribution < 1.29 is 19.4 Å². The summed E-state index contributed by atoms with van der Waals surface area (Å²) in [4.78, 5) is 33.7. The first-order valence-corrected chi connectivity index (χ1v) is 11.7. The lowest BCUT2D eigenvalue weighted by Gasteiger charge is -2.37. The van der Waals surface area contributed by atoms with E-state index >= 15 is 0 Å². The van der Waals surface area contributed by atoms with Gasteiger partial charge < -0.3 is 25.0 Å². The summed E-state index contributed by atoms with van der Waals surface area (Å²) < 4.78 is 6.25. The number of rotatable bonds is 6. The van der Waals surface area contributed by atoms with Crippen LogP contribution in [0, 0.1) is 17.2 Å². The van der Waals surface area contributed by atoms with E-state index in [0.717, 1.165) is 5.56 Å². The third kappa shape index (κ3) is 6.08. The molecule has 0 bridgehead atoms. The van der Waals surface area contributed by atoms with Crippen LogP contribution in [0.1, 0.15) is 43.6 Å². The number of aliphatic hydroxyl groups excluding tert-OH is 1. The highest BCUT2D eigenvalue weighted by molar-refractivity contribution is 5.98. The maximum Gasteiger partial charge on any atom is 0.317 e. The first kappa shape index (κ1) is 26.0. The molecule has 0 saturated carbocycles. The molecule has 2 N–H and O–H groups in total. The van der Waals surface area contributed by atoms with Crippen LogP contribution in [0.3, 0.4) is 0 Å². The number of amides is 3. The largest absolute Gasteiger partial charge is 0.472 e. The molecule has 2 heterocycles. The Morgan fingerprint density at radius 1 is 1.34 bits per heavy atom. The van der Waals surface area contributed by atoms with Gasteiger partial charge in [-0.15, -0.1) is 0 Å². The van der Waals surface area contributed by atoms with Crippen molar-refractivity contribution in [2.45, 2.75) is 45.9 Å². The van der Waals surface area contributed by atoms with Gasteiger partial charge in [0.2, 0.25) is 5.88 Å². The number of aliphatic hydroxyl groups is 1. The minimum Gasteiger partial charge on any atom is -0.472 e. The third-order valence-corrected chi connectivity index (χ3v) is 6.06. The number of benzene rings is 1. The van der Waals surface area contributed by atoms with E-state index in [-0.39, 0.29) is 41.9 Å². The van der Waals surface area contributed by atoms with Crippen LogP contribution in [0.5, 0.6) is 5.88 Å². The summed E-state index contributed by atoms with van der Waals surface area (Å²) in [5.74, 6) is -0.243. The van der Waals surface area contributed by atoms with E-state index in [1.807, 2.05) is 26.8 Å². The van der Waals surface area contributed by atoms with Crippen molar-refractivity contribution in [1.29, 1.82) is 5.26 Å². The quantitative estimate of drug-likeness (QED) is 0.658. The van der Waals surface area contributed by atoms with E-state index in [0.29, 0.717) is 24.2 Å². The zero-order valence-electron chi connectivity index (χ0n) is 20.9. The molecule has 9 heteroatoms. The molecule has 3 atom stereocenters. The molecule has 0 radical (unpaired) electrons. The molecule has 0 aliphatic carbocycles. The average molecular weight is 480 g/mol. The van der Waals surface area contributed by atoms with Gasteiger partial charge in [0.1, 0.15) is 11.7 Å². The van der Waals surface area contributed by atoms with Gasteiger partial charge in [0.25, 0.3) is 5.91 Å². The molecule has 2 aromatic rings. The second-order valence-corrected chi connectivity index (χ2v) is 9.38. The number of hydrogen-bond donors (Lipinski definition) is 2. The minimum atomic E-state index is -0.432. The molecule has 1 aromatic carbocycles. The number of hydrogen-bond acceptors (Lipinski definition) is 6. The summed E-state index contributed by atoms with van der Waals surface area (Å²) in [6, 6.07) is 10.3. The number of pyridine rings is 1. The van der Waals surface area contributed by atoms with Gasteiger partial charge in [0.05, 0.1) is 30.8 Å². The highest BCUT2D eigenvalue weighted by atomic mass is 16.5. The van der Waals surface area contributed by atoms with Crippen molar-refractivity contribution in [2.75, 3.05) is 26.7 Å². The Kier molecular flexibility index (Phi) is 8.30. The molecule has 1 aliphatic rings. The van der Waals surface area contributed by atoms with Crippen LogP contribution < -0.4 is 10.1 Å². The highest BCUT2D eigenvalue weighted by Gasteiger charge is 2.34.